The van der Waals surface area contributed by atoms with E-state index in [1.807, 2.05) is 32.5 Å². The van der Waals surface area contributed by atoms with Gasteiger partial charge in [-0.05, 0) is 53.0 Å². The molecule has 0 aliphatic rings. The molecule has 0 saturated heterocycles. The molecule has 1 rings (SSSR count). The number of aryl methyl sites for hydroxylation is 2. The molecule has 1 aromatic heterocycles. The number of carbonyl (C=O) groups is 1. The molecule has 0 aromatic carbocycles. The van der Waals surface area contributed by atoms with Crippen LogP contribution < -0.4 is 10.6 Å². The molecule has 0 aliphatic heterocycles. The monoisotopic (exact) mass is 479 g/mol. The first-order chi connectivity index (χ1) is 11.9. The molecule has 8 heteroatoms. The number of aromatic nitrogens is 2. The minimum absolute atomic E-state index is 0. The number of halogens is 1. The highest BCUT2D eigenvalue weighted by molar-refractivity contribution is 14.0. The number of nitrogens with zero attached hydrogens (tertiary/aromatic N) is 3. The molecule has 26 heavy (non-hydrogen) atoms. The van der Waals surface area contributed by atoms with Crippen molar-refractivity contribution in [3.8, 4) is 0 Å². The molecule has 7 nitrogen and oxygen atoms in total. The molecule has 1 aromatic rings. The Hall–Kier alpha value is -1.32. The second kappa shape index (κ2) is 12.9. The Morgan fingerprint density at radius 3 is 2.58 bits per heavy atom. The summed E-state index contributed by atoms with van der Waals surface area (Å²) in [5.74, 6) is 0.615. The van der Waals surface area contributed by atoms with Gasteiger partial charge in [0.1, 0.15) is 0 Å². The number of rotatable bonds is 9. The Kier molecular flexibility index (Phi) is 12.3. The van der Waals surface area contributed by atoms with Crippen LogP contribution in [0.1, 0.15) is 50.6 Å². The van der Waals surface area contributed by atoms with Crippen LogP contribution >= 0.6 is 24.0 Å². The molecule has 0 spiro atoms. The first-order valence-electron chi connectivity index (χ1n) is 9.08. The fraction of sp³-hybridized carbons (Fsp3) is 0.722. The molecule has 1 unspecified atom stereocenters. The Morgan fingerprint density at radius 2 is 2.04 bits per heavy atom. The molecule has 1 atom stereocenters. The van der Waals surface area contributed by atoms with Crippen LogP contribution in [0.4, 0.5) is 0 Å². The summed E-state index contributed by atoms with van der Waals surface area (Å²) in [5, 5.41) is 11.1. The Bertz CT molecular complexity index is 586. The van der Waals surface area contributed by atoms with Crippen molar-refractivity contribution in [2.24, 2.45) is 12.0 Å². The van der Waals surface area contributed by atoms with Crippen LogP contribution in [0.25, 0.3) is 0 Å². The van der Waals surface area contributed by atoms with Crippen molar-refractivity contribution in [2.45, 2.75) is 59.9 Å². The summed E-state index contributed by atoms with van der Waals surface area (Å²) < 4.78 is 6.85. The number of carbonyl (C=O) groups excluding carboxylic acids is 1. The summed E-state index contributed by atoms with van der Waals surface area (Å²) in [6.45, 7) is 11.9. The highest BCUT2D eigenvalue weighted by Gasteiger charge is 2.14. The molecule has 1 heterocycles. The normalized spacial score (nSPS) is 12.3. The van der Waals surface area contributed by atoms with E-state index in [4.69, 9.17) is 4.74 Å². The molecule has 2 N–H and O–H groups in total. The Morgan fingerprint density at radius 1 is 1.35 bits per heavy atom. The number of hydrogen-bond donors (Lipinski definition) is 2. The number of nitrogens with one attached hydrogen (secondary N) is 2. The SMILES string of the molecule is CCNC(=NCCCC(=O)OCC)NC(C)Cc1c(C)nn(C)c1C.I. The molecule has 0 radical (unpaired) electrons. The lowest BCUT2D eigenvalue weighted by molar-refractivity contribution is -0.143. The summed E-state index contributed by atoms with van der Waals surface area (Å²) in [6.07, 6.45) is 1.98. The van der Waals surface area contributed by atoms with Crippen LogP contribution in [-0.2, 0) is 23.0 Å². The average molecular weight is 479 g/mol. The average Bonchev–Trinajstić information content (AvgIpc) is 2.78. The predicted molar refractivity (Wildman–Crippen MR) is 116 cm³/mol. The summed E-state index contributed by atoms with van der Waals surface area (Å²) >= 11 is 0. The van der Waals surface area contributed by atoms with Crippen LogP contribution in [-0.4, -0.2) is 47.4 Å². The third kappa shape index (κ3) is 8.37. The lowest BCUT2D eigenvalue weighted by atomic mass is 10.1. The van der Waals surface area contributed by atoms with E-state index in [-0.39, 0.29) is 36.0 Å². The summed E-state index contributed by atoms with van der Waals surface area (Å²) in [7, 11) is 1.97. The van der Waals surface area contributed by atoms with Crippen molar-refractivity contribution < 1.29 is 9.53 Å². The third-order valence-corrected chi connectivity index (χ3v) is 4.01. The van der Waals surface area contributed by atoms with E-state index in [1.54, 1.807) is 0 Å². The van der Waals surface area contributed by atoms with Gasteiger partial charge in [0.2, 0.25) is 0 Å². The first kappa shape index (κ1) is 24.7. The minimum atomic E-state index is -0.161. The zero-order valence-corrected chi connectivity index (χ0v) is 19.2. The van der Waals surface area contributed by atoms with E-state index >= 15 is 0 Å². The van der Waals surface area contributed by atoms with Gasteiger partial charge in [0.05, 0.1) is 12.3 Å². The van der Waals surface area contributed by atoms with Crippen LogP contribution in [0, 0.1) is 13.8 Å². The predicted octanol–water partition coefficient (Wildman–Crippen LogP) is 2.48. The fourth-order valence-electron chi connectivity index (χ4n) is 2.67. The number of aliphatic imine (C=N–C) groups is 1. The standard InChI is InChI=1S/C18H33N5O2.HI/c1-7-19-18(20-11-9-10-17(24)25-8-2)21-13(3)12-16-14(4)22-23(6)15(16)5;/h13H,7-12H2,1-6H3,(H2,19,20,21);1H. The molecular weight excluding hydrogens is 445 g/mol. The Labute approximate surface area is 174 Å². The number of hydrogen-bond acceptors (Lipinski definition) is 4. The highest BCUT2D eigenvalue weighted by Crippen LogP contribution is 2.14. The van der Waals surface area contributed by atoms with Crippen LogP contribution in [0.15, 0.2) is 4.99 Å². The van der Waals surface area contributed by atoms with Gasteiger partial charge in [-0.2, -0.15) is 5.10 Å². The zero-order valence-electron chi connectivity index (χ0n) is 16.9. The molecule has 150 valence electrons. The summed E-state index contributed by atoms with van der Waals surface area (Å²) in [4.78, 5) is 15.9. The molecule has 0 aliphatic carbocycles. The lowest BCUT2D eigenvalue weighted by Crippen LogP contribution is -2.43. The molecule has 0 fully saturated rings. The van der Waals surface area contributed by atoms with E-state index in [2.05, 4.69) is 34.6 Å². The lowest BCUT2D eigenvalue weighted by Gasteiger charge is -2.18. The molecular formula is C18H34IN5O2. The smallest absolute Gasteiger partial charge is 0.305 e. The topological polar surface area (TPSA) is 80.5 Å². The third-order valence-electron chi connectivity index (χ3n) is 4.01. The van der Waals surface area contributed by atoms with E-state index in [0.717, 1.165) is 24.6 Å². The van der Waals surface area contributed by atoms with Gasteiger partial charge in [0, 0.05) is 38.3 Å². The van der Waals surface area contributed by atoms with Gasteiger partial charge in [0.25, 0.3) is 0 Å². The van der Waals surface area contributed by atoms with Gasteiger partial charge in [-0.3, -0.25) is 14.5 Å². The minimum Gasteiger partial charge on any atom is -0.466 e. The van der Waals surface area contributed by atoms with Gasteiger partial charge in [0.15, 0.2) is 5.96 Å². The van der Waals surface area contributed by atoms with Crippen molar-refractivity contribution in [1.82, 2.24) is 20.4 Å². The van der Waals surface area contributed by atoms with Crippen molar-refractivity contribution in [3.63, 3.8) is 0 Å². The van der Waals surface area contributed by atoms with Gasteiger partial charge < -0.3 is 15.4 Å². The Balaban J connectivity index is 0.00000625. The van der Waals surface area contributed by atoms with Gasteiger partial charge >= 0.3 is 5.97 Å². The largest absolute Gasteiger partial charge is 0.466 e. The first-order valence-corrected chi connectivity index (χ1v) is 9.08. The molecule has 0 bridgehead atoms. The summed E-state index contributed by atoms with van der Waals surface area (Å²) in [6, 6.07) is 0.226. The maximum atomic E-state index is 11.4. The molecule has 0 amide bonds. The number of ether oxygens (including phenoxy) is 1. The zero-order chi connectivity index (χ0) is 18.8. The van der Waals surface area contributed by atoms with E-state index in [0.29, 0.717) is 26.0 Å². The van der Waals surface area contributed by atoms with Crippen molar-refractivity contribution >= 4 is 35.9 Å². The van der Waals surface area contributed by atoms with E-state index in [9.17, 15) is 4.79 Å². The van der Waals surface area contributed by atoms with E-state index in [1.165, 1.54) is 11.3 Å². The van der Waals surface area contributed by atoms with Crippen molar-refractivity contribution in [3.05, 3.63) is 17.0 Å². The highest BCUT2D eigenvalue weighted by atomic mass is 127. The molecule has 0 saturated carbocycles. The second-order valence-corrected chi connectivity index (χ2v) is 6.19. The van der Waals surface area contributed by atoms with Crippen molar-refractivity contribution in [1.29, 1.82) is 0 Å². The van der Waals surface area contributed by atoms with Gasteiger partial charge in [-0.1, -0.05) is 0 Å². The second-order valence-electron chi connectivity index (χ2n) is 6.19. The number of esters is 1. The van der Waals surface area contributed by atoms with Gasteiger partial charge in [-0.25, -0.2) is 0 Å². The van der Waals surface area contributed by atoms with Crippen LogP contribution in [0.5, 0.6) is 0 Å². The fourth-order valence-corrected chi connectivity index (χ4v) is 2.67. The van der Waals surface area contributed by atoms with Crippen LogP contribution in [0.3, 0.4) is 0 Å². The van der Waals surface area contributed by atoms with Crippen LogP contribution in [0.2, 0.25) is 0 Å². The number of guanidine groups is 1. The maximum Gasteiger partial charge on any atom is 0.305 e. The van der Waals surface area contributed by atoms with E-state index < -0.39 is 0 Å². The quantitative estimate of drug-likeness (QED) is 0.187. The summed E-state index contributed by atoms with van der Waals surface area (Å²) in [5.41, 5.74) is 3.55. The maximum absolute atomic E-state index is 11.4. The van der Waals surface area contributed by atoms with Gasteiger partial charge in [-0.15, -0.1) is 24.0 Å². The van der Waals surface area contributed by atoms with Crippen molar-refractivity contribution in [2.75, 3.05) is 19.7 Å².